The van der Waals surface area contributed by atoms with Crippen molar-refractivity contribution in [2.75, 3.05) is 18.5 Å². The van der Waals surface area contributed by atoms with Gasteiger partial charge in [0.25, 0.3) is 0 Å². The molecule has 2 fully saturated rings. The molecule has 5 heteroatoms. The smallest absolute Gasteiger partial charge is 0.135 e. The van der Waals surface area contributed by atoms with Crippen LogP contribution in [0.2, 0.25) is 0 Å². The summed E-state index contributed by atoms with van der Waals surface area (Å²) < 4.78 is 6.23. The molecule has 0 aromatic carbocycles. The van der Waals surface area contributed by atoms with Gasteiger partial charge in [0.2, 0.25) is 0 Å². The van der Waals surface area contributed by atoms with Gasteiger partial charge in [0.15, 0.2) is 0 Å². The molecule has 1 saturated carbocycles. The van der Waals surface area contributed by atoms with Crippen LogP contribution >= 0.6 is 15.9 Å². The summed E-state index contributed by atoms with van der Waals surface area (Å²) in [4.78, 5) is 9.03. The first-order valence-corrected chi connectivity index (χ1v) is 6.99. The third-order valence-electron chi connectivity index (χ3n) is 3.23. The number of nitrogens with zero attached hydrogens (tertiary/aromatic N) is 2. The molecular weight excluding hydrogens is 282 g/mol. The van der Waals surface area contributed by atoms with Crippen molar-refractivity contribution in [2.45, 2.75) is 37.6 Å². The summed E-state index contributed by atoms with van der Waals surface area (Å²) in [7, 11) is 0. The Bertz CT molecular complexity index is 403. The van der Waals surface area contributed by atoms with Gasteiger partial charge >= 0.3 is 0 Å². The van der Waals surface area contributed by atoms with Crippen molar-refractivity contribution in [3.05, 3.63) is 16.5 Å². The molecular formula is C12H16BrN3O. The van der Waals surface area contributed by atoms with E-state index in [0.29, 0.717) is 12.0 Å². The molecule has 92 valence electrons. The van der Waals surface area contributed by atoms with E-state index >= 15 is 0 Å². The summed E-state index contributed by atoms with van der Waals surface area (Å²) in [5.74, 6) is 2.51. The Morgan fingerprint density at radius 2 is 1.94 bits per heavy atom. The van der Waals surface area contributed by atoms with Crippen LogP contribution in [0.5, 0.6) is 0 Å². The number of halogens is 1. The Kier molecular flexibility index (Phi) is 3.29. The zero-order chi connectivity index (χ0) is 11.7. The minimum Gasteiger partial charge on any atom is -0.381 e. The fraction of sp³-hybridized carbons (Fsp3) is 0.667. The predicted molar refractivity (Wildman–Crippen MR) is 69.2 cm³/mol. The van der Waals surface area contributed by atoms with Crippen LogP contribution in [0.15, 0.2) is 10.7 Å². The highest BCUT2D eigenvalue weighted by molar-refractivity contribution is 9.10. The number of rotatable bonds is 3. The van der Waals surface area contributed by atoms with Crippen LogP contribution in [-0.2, 0) is 4.74 Å². The zero-order valence-corrected chi connectivity index (χ0v) is 11.2. The Morgan fingerprint density at radius 1 is 1.18 bits per heavy atom. The van der Waals surface area contributed by atoms with Crippen LogP contribution in [0.1, 0.15) is 37.4 Å². The lowest BCUT2D eigenvalue weighted by molar-refractivity contribution is 0.0904. The van der Waals surface area contributed by atoms with Crippen molar-refractivity contribution < 1.29 is 4.74 Å². The van der Waals surface area contributed by atoms with Crippen molar-refractivity contribution >= 4 is 21.7 Å². The second kappa shape index (κ2) is 4.90. The molecule has 4 nitrogen and oxygen atoms in total. The molecule has 1 aromatic heterocycles. The monoisotopic (exact) mass is 297 g/mol. The lowest BCUT2D eigenvalue weighted by Crippen LogP contribution is -2.28. The SMILES string of the molecule is Brc1cc(NC2CCOCC2)nc(C2CC2)n1. The molecule has 2 heterocycles. The predicted octanol–water partition coefficient (Wildman–Crippen LogP) is 2.71. The molecule has 0 bridgehead atoms. The van der Waals surface area contributed by atoms with E-state index in [9.17, 15) is 0 Å². The molecule has 3 rings (SSSR count). The third-order valence-corrected chi connectivity index (χ3v) is 3.63. The van der Waals surface area contributed by atoms with Crippen LogP contribution < -0.4 is 5.32 Å². The highest BCUT2D eigenvalue weighted by Crippen LogP contribution is 2.38. The number of hydrogen-bond donors (Lipinski definition) is 1. The van der Waals surface area contributed by atoms with Gasteiger partial charge in [-0.1, -0.05) is 0 Å². The number of nitrogens with one attached hydrogen (secondary N) is 1. The molecule has 2 aliphatic rings. The van der Waals surface area contributed by atoms with Gasteiger partial charge in [0.1, 0.15) is 16.2 Å². The Balaban J connectivity index is 1.72. The molecule has 1 saturated heterocycles. The van der Waals surface area contributed by atoms with Crippen molar-refractivity contribution in [1.29, 1.82) is 0 Å². The summed E-state index contributed by atoms with van der Waals surface area (Å²) in [6.45, 7) is 1.69. The van der Waals surface area contributed by atoms with Crippen LogP contribution in [0.4, 0.5) is 5.82 Å². The van der Waals surface area contributed by atoms with Crippen LogP contribution in [0.3, 0.4) is 0 Å². The molecule has 0 amide bonds. The van der Waals surface area contributed by atoms with Gasteiger partial charge in [-0.25, -0.2) is 9.97 Å². The first-order valence-electron chi connectivity index (χ1n) is 6.20. The lowest BCUT2D eigenvalue weighted by atomic mass is 10.1. The molecule has 0 spiro atoms. The third kappa shape index (κ3) is 2.96. The quantitative estimate of drug-likeness (QED) is 0.872. The van der Waals surface area contributed by atoms with E-state index in [1.807, 2.05) is 6.07 Å². The zero-order valence-electron chi connectivity index (χ0n) is 9.66. The number of ether oxygens (including phenoxy) is 1. The van der Waals surface area contributed by atoms with Gasteiger partial charge in [-0.3, -0.25) is 0 Å². The largest absolute Gasteiger partial charge is 0.381 e. The lowest BCUT2D eigenvalue weighted by Gasteiger charge is -2.23. The van der Waals surface area contributed by atoms with Gasteiger partial charge in [0, 0.05) is 31.2 Å². The number of aromatic nitrogens is 2. The first-order chi connectivity index (χ1) is 8.31. The average Bonchev–Trinajstić information content (AvgIpc) is 3.13. The summed E-state index contributed by atoms with van der Waals surface area (Å²) in [5.41, 5.74) is 0. The van der Waals surface area contributed by atoms with E-state index in [1.165, 1.54) is 12.8 Å². The fourth-order valence-corrected chi connectivity index (χ4v) is 2.48. The minimum absolute atomic E-state index is 0.484. The van der Waals surface area contributed by atoms with Gasteiger partial charge in [-0.2, -0.15) is 0 Å². The molecule has 1 aliphatic heterocycles. The summed E-state index contributed by atoms with van der Waals surface area (Å²) in [6, 6.07) is 2.44. The molecule has 0 atom stereocenters. The minimum atomic E-state index is 0.484. The van der Waals surface area contributed by atoms with E-state index in [4.69, 9.17) is 4.74 Å². The molecule has 0 unspecified atom stereocenters. The van der Waals surface area contributed by atoms with Gasteiger partial charge < -0.3 is 10.1 Å². The van der Waals surface area contributed by atoms with Crippen molar-refractivity contribution in [2.24, 2.45) is 0 Å². The Morgan fingerprint density at radius 3 is 2.65 bits per heavy atom. The standard InChI is InChI=1S/C12H16BrN3O/c13-10-7-11(14-9-3-5-17-6-4-9)16-12(15-10)8-1-2-8/h7-9H,1-6H2,(H,14,15,16). The van der Waals surface area contributed by atoms with E-state index in [2.05, 4.69) is 31.2 Å². The summed E-state index contributed by atoms with van der Waals surface area (Å²) in [6.07, 6.45) is 4.57. The van der Waals surface area contributed by atoms with Crippen molar-refractivity contribution in [3.63, 3.8) is 0 Å². The highest BCUT2D eigenvalue weighted by atomic mass is 79.9. The van der Waals surface area contributed by atoms with Gasteiger partial charge in [-0.15, -0.1) is 0 Å². The molecule has 1 aromatic rings. The second-order valence-electron chi connectivity index (χ2n) is 4.74. The van der Waals surface area contributed by atoms with Crippen LogP contribution in [0, 0.1) is 0 Å². The van der Waals surface area contributed by atoms with Crippen LogP contribution in [0.25, 0.3) is 0 Å². The van der Waals surface area contributed by atoms with E-state index in [-0.39, 0.29) is 0 Å². The molecule has 17 heavy (non-hydrogen) atoms. The maximum Gasteiger partial charge on any atom is 0.135 e. The summed E-state index contributed by atoms with van der Waals surface area (Å²) >= 11 is 3.46. The molecule has 0 radical (unpaired) electrons. The van der Waals surface area contributed by atoms with E-state index in [1.54, 1.807) is 0 Å². The highest BCUT2D eigenvalue weighted by Gasteiger charge is 2.27. The average molecular weight is 298 g/mol. The second-order valence-corrected chi connectivity index (χ2v) is 5.55. The summed E-state index contributed by atoms with van der Waals surface area (Å²) in [5, 5.41) is 3.48. The maximum absolute atomic E-state index is 5.35. The van der Waals surface area contributed by atoms with E-state index in [0.717, 1.165) is 42.3 Å². The van der Waals surface area contributed by atoms with Crippen molar-refractivity contribution in [3.8, 4) is 0 Å². The van der Waals surface area contributed by atoms with Crippen molar-refractivity contribution in [1.82, 2.24) is 9.97 Å². The fourth-order valence-electron chi connectivity index (χ4n) is 2.08. The van der Waals surface area contributed by atoms with Gasteiger partial charge in [0.05, 0.1) is 0 Å². The van der Waals surface area contributed by atoms with Gasteiger partial charge in [-0.05, 0) is 41.6 Å². The molecule has 1 N–H and O–H groups in total. The normalized spacial score (nSPS) is 21.5. The topological polar surface area (TPSA) is 47.0 Å². The first kappa shape index (κ1) is 11.4. The number of anilines is 1. The Hall–Kier alpha value is -0.680. The Labute approximate surface area is 109 Å². The number of hydrogen-bond acceptors (Lipinski definition) is 4. The maximum atomic E-state index is 5.35. The van der Waals surface area contributed by atoms with E-state index < -0.39 is 0 Å². The molecule has 1 aliphatic carbocycles. The van der Waals surface area contributed by atoms with Crippen LogP contribution in [-0.4, -0.2) is 29.2 Å².